The number of nitrogens with zero attached hydrogens (tertiary/aromatic N) is 2. The molecule has 0 fully saturated rings. The molecule has 6 nitrogen and oxygen atoms in total. The van der Waals surface area contributed by atoms with Crippen molar-refractivity contribution in [2.24, 2.45) is 7.05 Å². The van der Waals surface area contributed by atoms with Crippen LogP contribution in [0.1, 0.15) is 13.3 Å². The minimum absolute atomic E-state index is 0.308. The lowest BCUT2D eigenvalue weighted by Crippen LogP contribution is -2.29. The molecule has 0 spiro atoms. The minimum atomic E-state index is -0.484. The first-order valence-electron chi connectivity index (χ1n) is 5.36. The van der Waals surface area contributed by atoms with E-state index in [1.54, 1.807) is 13.1 Å². The van der Waals surface area contributed by atoms with E-state index >= 15 is 0 Å². The Labute approximate surface area is 96.9 Å². The molecule has 2 aromatic rings. The molecule has 0 aliphatic rings. The van der Waals surface area contributed by atoms with Gasteiger partial charge in [-0.05, 0) is 12.5 Å². The van der Waals surface area contributed by atoms with Gasteiger partial charge in [0, 0.05) is 13.2 Å². The van der Waals surface area contributed by atoms with Crippen LogP contribution in [0.5, 0.6) is 5.75 Å². The summed E-state index contributed by atoms with van der Waals surface area (Å²) in [7, 11) is 1.55. The summed E-state index contributed by atoms with van der Waals surface area (Å²) < 4.78 is 6.76. The molecule has 0 aliphatic heterocycles. The SMILES string of the molecule is CCCOc1ccnc2c1c(=O)[nH]c(=O)n2C. The lowest BCUT2D eigenvalue weighted by molar-refractivity contribution is 0.320. The van der Waals surface area contributed by atoms with Crippen molar-refractivity contribution >= 4 is 11.0 Å². The van der Waals surface area contributed by atoms with Gasteiger partial charge < -0.3 is 4.74 Å². The largest absolute Gasteiger partial charge is 0.493 e. The second kappa shape index (κ2) is 4.40. The number of nitrogens with one attached hydrogen (secondary N) is 1. The maximum Gasteiger partial charge on any atom is 0.329 e. The van der Waals surface area contributed by atoms with Gasteiger partial charge in [-0.1, -0.05) is 6.92 Å². The number of aromatic amines is 1. The van der Waals surface area contributed by atoms with Crippen molar-refractivity contribution in [2.45, 2.75) is 13.3 Å². The Morgan fingerprint density at radius 1 is 1.47 bits per heavy atom. The zero-order valence-electron chi connectivity index (χ0n) is 9.69. The summed E-state index contributed by atoms with van der Waals surface area (Å²) in [5.74, 6) is 0.453. The van der Waals surface area contributed by atoms with Gasteiger partial charge in [-0.15, -0.1) is 0 Å². The smallest absolute Gasteiger partial charge is 0.329 e. The van der Waals surface area contributed by atoms with E-state index < -0.39 is 11.2 Å². The van der Waals surface area contributed by atoms with E-state index in [0.29, 0.717) is 23.4 Å². The number of aryl methyl sites for hydroxylation is 1. The molecule has 17 heavy (non-hydrogen) atoms. The minimum Gasteiger partial charge on any atom is -0.493 e. The summed E-state index contributed by atoms with van der Waals surface area (Å²) in [5, 5.41) is 0.308. The molecule has 0 aliphatic carbocycles. The summed E-state index contributed by atoms with van der Waals surface area (Å²) in [4.78, 5) is 29.4. The van der Waals surface area contributed by atoms with E-state index in [0.717, 1.165) is 6.42 Å². The van der Waals surface area contributed by atoms with Crippen molar-refractivity contribution in [3.63, 3.8) is 0 Å². The summed E-state index contributed by atoms with van der Waals surface area (Å²) >= 11 is 0. The molecule has 0 atom stereocenters. The molecule has 0 radical (unpaired) electrons. The second-order valence-corrected chi connectivity index (χ2v) is 3.67. The van der Waals surface area contributed by atoms with Gasteiger partial charge in [-0.3, -0.25) is 14.3 Å². The van der Waals surface area contributed by atoms with Crippen molar-refractivity contribution < 1.29 is 4.74 Å². The Morgan fingerprint density at radius 3 is 2.94 bits per heavy atom. The van der Waals surface area contributed by atoms with Gasteiger partial charge >= 0.3 is 5.69 Å². The number of rotatable bonds is 3. The van der Waals surface area contributed by atoms with Crippen LogP contribution < -0.4 is 16.0 Å². The topological polar surface area (TPSA) is 77.0 Å². The molecule has 0 saturated heterocycles. The van der Waals surface area contributed by atoms with Crippen LogP contribution >= 0.6 is 0 Å². The number of aromatic nitrogens is 3. The highest BCUT2D eigenvalue weighted by Gasteiger charge is 2.11. The van der Waals surface area contributed by atoms with Gasteiger partial charge in [0.15, 0.2) is 5.65 Å². The predicted octanol–water partition coefficient (Wildman–Crippen LogP) is 0.411. The van der Waals surface area contributed by atoms with Crippen LogP contribution in [0.3, 0.4) is 0 Å². The number of hydrogen-bond acceptors (Lipinski definition) is 4. The van der Waals surface area contributed by atoms with Crippen LogP contribution in [0, 0.1) is 0 Å². The van der Waals surface area contributed by atoms with E-state index in [1.165, 1.54) is 10.8 Å². The Bertz CT molecular complexity index is 657. The highest BCUT2D eigenvalue weighted by molar-refractivity contribution is 5.80. The molecule has 2 aromatic heterocycles. The molecular formula is C11H13N3O3. The average Bonchev–Trinajstić information content (AvgIpc) is 2.33. The van der Waals surface area contributed by atoms with E-state index in [9.17, 15) is 9.59 Å². The average molecular weight is 235 g/mol. The molecule has 2 heterocycles. The first kappa shape index (κ1) is 11.4. The van der Waals surface area contributed by atoms with E-state index in [4.69, 9.17) is 4.74 Å². The Balaban J connectivity index is 2.76. The number of fused-ring (bicyclic) bond motifs is 1. The standard InChI is InChI=1S/C11H13N3O3/c1-3-6-17-7-4-5-12-9-8(7)10(15)13-11(16)14(9)2/h4-5H,3,6H2,1-2H3,(H,13,15,16). The third-order valence-corrected chi connectivity index (χ3v) is 2.42. The normalized spacial score (nSPS) is 10.7. The second-order valence-electron chi connectivity index (χ2n) is 3.67. The lowest BCUT2D eigenvalue weighted by Gasteiger charge is -2.08. The molecule has 0 bridgehead atoms. The fourth-order valence-electron chi connectivity index (χ4n) is 1.57. The molecular weight excluding hydrogens is 222 g/mol. The fraction of sp³-hybridized carbons (Fsp3) is 0.364. The fourth-order valence-corrected chi connectivity index (χ4v) is 1.57. The molecule has 0 aromatic carbocycles. The highest BCUT2D eigenvalue weighted by atomic mass is 16.5. The molecule has 0 saturated carbocycles. The Morgan fingerprint density at radius 2 is 2.24 bits per heavy atom. The van der Waals surface area contributed by atoms with Crippen molar-refractivity contribution in [3.05, 3.63) is 33.1 Å². The van der Waals surface area contributed by atoms with Crippen LogP contribution in [-0.4, -0.2) is 21.1 Å². The van der Waals surface area contributed by atoms with Crippen molar-refractivity contribution in [3.8, 4) is 5.75 Å². The third-order valence-electron chi connectivity index (χ3n) is 2.42. The lowest BCUT2D eigenvalue weighted by atomic mass is 10.3. The maximum atomic E-state index is 11.7. The van der Waals surface area contributed by atoms with Gasteiger partial charge in [0.25, 0.3) is 5.56 Å². The molecule has 1 N–H and O–H groups in total. The molecule has 2 rings (SSSR count). The van der Waals surface area contributed by atoms with Gasteiger partial charge in [-0.2, -0.15) is 0 Å². The predicted molar refractivity (Wildman–Crippen MR) is 63.4 cm³/mol. The Hall–Kier alpha value is -2.11. The zero-order chi connectivity index (χ0) is 12.4. The van der Waals surface area contributed by atoms with Crippen molar-refractivity contribution in [1.82, 2.24) is 14.5 Å². The van der Waals surface area contributed by atoms with Crippen LogP contribution in [0.15, 0.2) is 21.9 Å². The Kier molecular flexibility index (Phi) is 2.95. The molecule has 6 heteroatoms. The van der Waals surface area contributed by atoms with Crippen LogP contribution in [0.4, 0.5) is 0 Å². The van der Waals surface area contributed by atoms with E-state index in [-0.39, 0.29) is 0 Å². The maximum absolute atomic E-state index is 11.7. The van der Waals surface area contributed by atoms with Crippen LogP contribution in [-0.2, 0) is 7.05 Å². The van der Waals surface area contributed by atoms with Crippen LogP contribution in [0.2, 0.25) is 0 Å². The highest BCUT2D eigenvalue weighted by Crippen LogP contribution is 2.18. The van der Waals surface area contributed by atoms with Crippen molar-refractivity contribution in [2.75, 3.05) is 6.61 Å². The molecule has 0 unspecified atom stereocenters. The summed E-state index contributed by atoms with van der Waals surface area (Å²) in [6.07, 6.45) is 2.36. The quantitative estimate of drug-likeness (QED) is 0.836. The van der Waals surface area contributed by atoms with E-state index in [2.05, 4.69) is 9.97 Å². The number of H-pyrrole nitrogens is 1. The van der Waals surface area contributed by atoms with E-state index in [1.807, 2.05) is 6.92 Å². The molecule has 0 amide bonds. The van der Waals surface area contributed by atoms with Gasteiger partial charge in [0.1, 0.15) is 11.1 Å². The van der Waals surface area contributed by atoms with Crippen LogP contribution in [0.25, 0.3) is 11.0 Å². The van der Waals surface area contributed by atoms with Gasteiger partial charge in [0.05, 0.1) is 6.61 Å². The number of ether oxygens (including phenoxy) is 1. The number of hydrogen-bond donors (Lipinski definition) is 1. The summed E-state index contributed by atoms with van der Waals surface area (Å²) in [6.45, 7) is 2.49. The van der Waals surface area contributed by atoms with Crippen molar-refractivity contribution in [1.29, 1.82) is 0 Å². The first-order valence-corrected chi connectivity index (χ1v) is 5.36. The first-order chi connectivity index (χ1) is 8.15. The monoisotopic (exact) mass is 235 g/mol. The van der Waals surface area contributed by atoms with Gasteiger partial charge in [0.2, 0.25) is 0 Å². The zero-order valence-corrected chi connectivity index (χ0v) is 9.69. The van der Waals surface area contributed by atoms with Gasteiger partial charge in [-0.25, -0.2) is 9.78 Å². The third kappa shape index (κ3) is 1.93. The molecule has 90 valence electrons. The summed E-state index contributed by atoms with van der Waals surface area (Å²) in [6, 6.07) is 1.62. The number of pyridine rings is 1. The summed E-state index contributed by atoms with van der Waals surface area (Å²) in [5.41, 5.74) is -0.628.